The molecular weight excluding hydrogens is 276 g/mol. The first kappa shape index (κ1) is 15.8. The van der Waals surface area contributed by atoms with Crippen LogP contribution in [-0.2, 0) is 4.79 Å². The summed E-state index contributed by atoms with van der Waals surface area (Å²) in [7, 11) is 1.62. The van der Waals surface area contributed by atoms with E-state index < -0.39 is 0 Å². The highest BCUT2D eigenvalue weighted by atomic mass is 16.5. The van der Waals surface area contributed by atoms with Crippen molar-refractivity contribution in [2.24, 2.45) is 0 Å². The number of hydrogen-bond donors (Lipinski definition) is 1. The second-order valence-corrected chi connectivity index (χ2v) is 5.28. The van der Waals surface area contributed by atoms with Gasteiger partial charge in [0.05, 0.1) is 7.11 Å². The van der Waals surface area contributed by atoms with E-state index in [1.54, 1.807) is 19.3 Å². The van der Waals surface area contributed by atoms with Gasteiger partial charge < -0.3 is 10.1 Å². The van der Waals surface area contributed by atoms with Gasteiger partial charge in [0, 0.05) is 6.04 Å². The van der Waals surface area contributed by atoms with E-state index in [0.717, 1.165) is 37.0 Å². The number of methoxy groups -OCH3 is 1. The zero-order valence-corrected chi connectivity index (χ0v) is 12.7. The fourth-order valence-corrected chi connectivity index (χ4v) is 2.47. The molecule has 0 bridgehead atoms. The van der Waals surface area contributed by atoms with Crippen molar-refractivity contribution in [2.45, 2.75) is 31.7 Å². The van der Waals surface area contributed by atoms with E-state index in [2.05, 4.69) is 5.32 Å². The Morgan fingerprint density at radius 3 is 2.59 bits per heavy atom. The fraction of sp³-hybridized carbons (Fsp3) is 0.333. The number of rotatable bonds is 5. The van der Waals surface area contributed by atoms with Crippen molar-refractivity contribution >= 4 is 12.0 Å². The number of allylic oxidation sites excluding steroid dienone is 2. The average Bonchev–Trinajstić information content (AvgIpc) is 3.05. The fourth-order valence-electron chi connectivity index (χ4n) is 2.47. The molecule has 0 radical (unpaired) electrons. The van der Waals surface area contributed by atoms with E-state index >= 15 is 0 Å². The molecule has 1 aromatic rings. The molecule has 1 saturated carbocycles. The van der Waals surface area contributed by atoms with Gasteiger partial charge in [-0.15, -0.1) is 0 Å². The molecule has 1 aliphatic carbocycles. The summed E-state index contributed by atoms with van der Waals surface area (Å²) in [5.41, 5.74) is 1.11. The Morgan fingerprint density at radius 1 is 1.32 bits per heavy atom. The lowest BCUT2D eigenvalue weighted by molar-refractivity contribution is -0.117. The summed E-state index contributed by atoms with van der Waals surface area (Å²) in [4.78, 5) is 12.0. The maximum atomic E-state index is 12.0. The van der Waals surface area contributed by atoms with Crippen LogP contribution in [0.15, 0.2) is 42.0 Å². The summed E-state index contributed by atoms with van der Waals surface area (Å²) in [6.45, 7) is 0. The van der Waals surface area contributed by atoms with Crippen LogP contribution >= 0.6 is 0 Å². The van der Waals surface area contributed by atoms with Gasteiger partial charge in [-0.25, -0.2) is 0 Å². The van der Waals surface area contributed by atoms with Crippen LogP contribution in [0.2, 0.25) is 0 Å². The largest absolute Gasteiger partial charge is 0.497 e. The van der Waals surface area contributed by atoms with E-state index in [1.807, 2.05) is 36.4 Å². The molecule has 0 saturated heterocycles. The number of benzene rings is 1. The summed E-state index contributed by atoms with van der Waals surface area (Å²) in [5, 5.41) is 12.0. The van der Waals surface area contributed by atoms with Gasteiger partial charge >= 0.3 is 0 Å². The topological polar surface area (TPSA) is 62.1 Å². The lowest BCUT2D eigenvalue weighted by Gasteiger charge is -2.10. The van der Waals surface area contributed by atoms with Crippen molar-refractivity contribution in [2.75, 3.05) is 7.11 Å². The number of carbonyl (C=O) groups is 1. The molecule has 0 aromatic heterocycles. The quantitative estimate of drug-likeness (QED) is 0.515. The molecule has 1 aromatic carbocycles. The van der Waals surface area contributed by atoms with Gasteiger partial charge in [0.2, 0.25) is 0 Å². The Morgan fingerprint density at radius 2 is 2.00 bits per heavy atom. The third-order valence-corrected chi connectivity index (χ3v) is 3.72. The second-order valence-electron chi connectivity index (χ2n) is 5.28. The maximum absolute atomic E-state index is 12.0. The zero-order valence-electron chi connectivity index (χ0n) is 12.7. The molecule has 0 heterocycles. The van der Waals surface area contributed by atoms with Crippen LogP contribution in [0.25, 0.3) is 6.08 Å². The number of carbonyl (C=O) groups excluding carboxylic acids is 1. The standard InChI is InChI=1S/C18H20N2O2/c1-22-17-11-9-14(10-12-17)5-4-6-15(13-19)18(21)20-16-7-2-3-8-16/h4-6,9-12,16H,2-3,7-8H2,1H3,(H,20,21)/b5-4+,15-6-. The van der Waals surface area contributed by atoms with Crippen molar-refractivity contribution in [3.63, 3.8) is 0 Å². The van der Waals surface area contributed by atoms with Crippen molar-refractivity contribution in [3.8, 4) is 11.8 Å². The van der Waals surface area contributed by atoms with Crippen LogP contribution in [0, 0.1) is 11.3 Å². The predicted molar refractivity (Wildman–Crippen MR) is 86.1 cm³/mol. The Bertz CT molecular complexity index is 603. The predicted octanol–water partition coefficient (Wildman–Crippen LogP) is 3.22. The molecule has 4 heteroatoms. The van der Waals surface area contributed by atoms with Gasteiger partial charge in [-0.2, -0.15) is 5.26 Å². The first-order valence-electron chi connectivity index (χ1n) is 7.46. The first-order valence-corrected chi connectivity index (χ1v) is 7.46. The molecule has 2 rings (SSSR count). The van der Waals surface area contributed by atoms with E-state index in [1.165, 1.54) is 0 Å². The normalized spacial score (nSPS) is 15.7. The molecule has 1 aliphatic rings. The molecular formula is C18H20N2O2. The van der Waals surface area contributed by atoms with Gasteiger partial charge in [-0.1, -0.05) is 37.1 Å². The van der Waals surface area contributed by atoms with Crippen LogP contribution in [0.4, 0.5) is 0 Å². The van der Waals surface area contributed by atoms with Crippen LogP contribution in [0.1, 0.15) is 31.2 Å². The second kappa shape index (κ2) is 8.04. The van der Waals surface area contributed by atoms with Crippen molar-refractivity contribution < 1.29 is 9.53 Å². The smallest absolute Gasteiger partial charge is 0.262 e. The molecule has 22 heavy (non-hydrogen) atoms. The molecule has 0 unspecified atom stereocenters. The number of nitrogens with zero attached hydrogens (tertiary/aromatic N) is 1. The van der Waals surface area contributed by atoms with E-state index in [9.17, 15) is 4.79 Å². The van der Waals surface area contributed by atoms with Crippen molar-refractivity contribution in [3.05, 3.63) is 47.6 Å². The Balaban J connectivity index is 1.96. The number of amides is 1. The molecule has 1 fully saturated rings. The highest BCUT2D eigenvalue weighted by Crippen LogP contribution is 2.18. The zero-order chi connectivity index (χ0) is 15.8. The first-order chi connectivity index (χ1) is 10.7. The summed E-state index contributed by atoms with van der Waals surface area (Å²) in [5.74, 6) is 0.509. The Labute approximate surface area is 131 Å². The van der Waals surface area contributed by atoms with Crippen molar-refractivity contribution in [1.82, 2.24) is 5.32 Å². The molecule has 1 N–H and O–H groups in total. The number of nitrogens with one attached hydrogen (secondary N) is 1. The molecule has 0 spiro atoms. The minimum Gasteiger partial charge on any atom is -0.497 e. The van der Waals surface area contributed by atoms with E-state index in [0.29, 0.717) is 0 Å². The SMILES string of the molecule is COc1ccc(/C=C/C=C(/C#N)C(=O)NC2CCCC2)cc1. The van der Waals surface area contributed by atoms with Gasteiger partial charge in [0.15, 0.2) is 0 Å². The summed E-state index contributed by atoms with van der Waals surface area (Å²) >= 11 is 0. The molecule has 4 nitrogen and oxygen atoms in total. The minimum atomic E-state index is -0.284. The van der Waals surface area contributed by atoms with Crippen LogP contribution in [0.3, 0.4) is 0 Å². The monoisotopic (exact) mass is 296 g/mol. The molecule has 114 valence electrons. The molecule has 0 aliphatic heterocycles. The number of hydrogen-bond acceptors (Lipinski definition) is 3. The maximum Gasteiger partial charge on any atom is 0.262 e. The lowest BCUT2D eigenvalue weighted by atomic mass is 10.1. The minimum absolute atomic E-state index is 0.136. The lowest BCUT2D eigenvalue weighted by Crippen LogP contribution is -2.33. The number of nitriles is 1. The molecule has 0 atom stereocenters. The third-order valence-electron chi connectivity index (χ3n) is 3.72. The highest BCUT2D eigenvalue weighted by molar-refractivity contribution is 5.97. The summed E-state index contributed by atoms with van der Waals surface area (Å²) in [6, 6.07) is 9.72. The molecule has 1 amide bonds. The van der Waals surface area contributed by atoms with Crippen molar-refractivity contribution in [1.29, 1.82) is 5.26 Å². The van der Waals surface area contributed by atoms with Crippen LogP contribution in [-0.4, -0.2) is 19.1 Å². The van der Waals surface area contributed by atoms with Gasteiger partial charge in [-0.3, -0.25) is 4.79 Å². The van der Waals surface area contributed by atoms with Gasteiger partial charge in [0.25, 0.3) is 5.91 Å². The van der Waals surface area contributed by atoms with E-state index in [-0.39, 0.29) is 17.5 Å². The van der Waals surface area contributed by atoms with Crippen LogP contribution < -0.4 is 10.1 Å². The summed E-state index contributed by atoms with van der Waals surface area (Å²) < 4.78 is 5.09. The van der Waals surface area contributed by atoms with E-state index in [4.69, 9.17) is 10.00 Å². The Kier molecular flexibility index (Phi) is 5.79. The van der Waals surface area contributed by atoms with Gasteiger partial charge in [0.1, 0.15) is 17.4 Å². The average molecular weight is 296 g/mol. The highest BCUT2D eigenvalue weighted by Gasteiger charge is 2.18. The van der Waals surface area contributed by atoms with Crippen LogP contribution in [0.5, 0.6) is 5.75 Å². The third kappa shape index (κ3) is 4.49. The Hall–Kier alpha value is -2.54. The number of ether oxygens (including phenoxy) is 1. The van der Waals surface area contributed by atoms with Gasteiger partial charge in [-0.05, 0) is 36.6 Å². The summed E-state index contributed by atoms with van der Waals surface area (Å²) in [6.07, 6.45) is 9.42.